The van der Waals surface area contributed by atoms with Gasteiger partial charge >= 0.3 is 6.08 Å². The number of hydrogen-bond donors (Lipinski definition) is 2. The first kappa shape index (κ1) is 26.8. The molecule has 1 aromatic carbocycles. The molecule has 2 fully saturated rings. The van der Waals surface area contributed by atoms with Gasteiger partial charge in [0.05, 0.1) is 6.61 Å². The van der Waals surface area contributed by atoms with Crippen LogP contribution in [-0.4, -0.2) is 48.4 Å². The number of hydrogen-bond acceptors (Lipinski definition) is 3. The fourth-order valence-corrected chi connectivity index (χ4v) is 6.57. The van der Waals surface area contributed by atoms with Crippen molar-refractivity contribution in [2.75, 3.05) is 26.2 Å². The lowest BCUT2D eigenvalue weighted by molar-refractivity contribution is -0.386. The Morgan fingerprint density at radius 1 is 1.06 bits per heavy atom. The molecule has 2 aliphatic rings. The van der Waals surface area contributed by atoms with Gasteiger partial charge in [-0.3, -0.25) is 0 Å². The Labute approximate surface area is 207 Å². The van der Waals surface area contributed by atoms with Gasteiger partial charge in [0, 0.05) is 23.9 Å². The number of aliphatic hydroxyl groups excluding tert-OH is 1. The van der Waals surface area contributed by atoms with Crippen LogP contribution in [0.15, 0.2) is 24.3 Å². The van der Waals surface area contributed by atoms with E-state index in [4.69, 9.17) is 9.47 Å². The molecule has 0 unspecified atom stereocenters. The summed E-state index contributed by atoms with van der Waals surface area (Å²) in [6.45, 7) is 17.6. The van der Waals surface area contributed by atoms with Crippen molar-refractivity contribution in [2.24, 2.45) is 22.7 Å². The highest BCUT2D eigenvalue weighted by Crippen LogP contribution is 2.68. The molecular formula is C29H49N2O3+. The summed E-state index contributed by atoms with van der Waals surface area (Å²) < 4.78 is 12.4. The highest BCUT2D eigenvalue weighted by molar-refractivity contribution is 5.60. The van der Waals surface area contributed by atoms with Crippen molar-refractivity contribution in [1.82, 2.24) is 4.90 Å². The van der Waals surface area contributed by atoms with Gasteiger partial charge in [-0.15, -0.1) is 4.99 Å². The summed E-state index contributed by atoms with van der Waals surface area (Å²) in [6.07, 6.45) is 8.29. The highest BCUT2D eigenvalue weighted by Gasteiger charge is 2.67. The van der Waals surface area contributed by atoms with Crippen molar-refractivity contribution in [3.63, 3.8) is 0 Å². The molecule has 192 valence electrons. The third kappa shape index (κ3) is 5.56. The molecule has 0 saturated heterocycles. The Bertz CT molecular complexity index is 804. The molecule has 3 rings (SSSR count). The first-order valence-electron chi connectivity index (χ1n) is 13.7. The van der Waals surface area contributed by atoms with E-state index in [1.807, 2.05) is 24.3 Å². The fraction of sp³-hybridized carbons (Fsp3) is 0.759. The molecule has 2 aliphatic carbocycles. The summed E-state index contributed by atoms with van der Waals surface area (Å²) in [5.41, 5.74) is 0.982. The van der Waals surface area contributed by atoms with E-state index in [9.17, 15) is 5.11 Å². The summed E-state index contributed by atoms with van der Waals surface area (Å²) in [7, 11) is 0. The molecule has 0 radical (unpaired) electrons. The van der Waals surface area contributed by atoms with Crippen LogP contribution in [-0.2, 0) is 4.74 Å². The summed E-state index contributed by atoms with van der Waals surface area (Å²) in [6, 6.07) is 7.81. The Hall–Kier alpha value is -1.75. The zero-order valence-electron chi connectivity index (χ0n) is 22.5. The zero-order chi connectivity index (χ0) is 24.8. The quantitative estimate of drug-likeness (QED) is 0.227. The van der Waals surface area contributed by atoms with E-state index in [0.717, 1.165) is 43.9 Å². The van der Waals surface area contributed by atoms with Gasteiger partial charge in [0.1, 0.15) is 6.10 Å². The summed E-state index contributed by atoms with van der Waals surface area (Å²) in [5, 5.41) is 10.9. The van der Waals surface area contributed by atoms with Gasteiger partial charge in [-0.05, 0) is 49.8 Å². The smallest absolute Gasteiger partial charge is 0.487 e. The van der Waals surface area contributed by atoms with Gasteiger partial charge in [0.25, 0.3) is 5.69 Å². The van der Waals surface area contributed by atoms with Crippen LogP contribution < -0.4 is 9.73 Å². The number of aliphatic hydroxyl groups is 1. The van der Waals surface area contributed by atoms with Crippen LogP contribution in [0.25, 0.3) is 0 Å². The first-order chi connectivity index (χ1) is 16.3. The van der Waals surface area contributed by atoms with Crippen molar-refractivity contribution in [3.8, 4) is 5.75 Å². The first-order valence-corrected chi connectivity index (χ1v) is 13.7. The minimum Gasteiger partial charge on any atom is -0.487 e. The van der Waals surface area contributed by atoms with E-state index in [-0.39, 0.29) is 23.0 Å². The van der Waals surface area contributed by atoms with Gasteiger partial charge in [0.2, 0.25) is 0 Å². The molecule has 0 spiro atoms. The number of nitrogens with zero attached hydrogens (tertiary/aromatic N) is 1. The van der Waals surface area contributed by atoms with Crippen LogP contribution in [0.3, 0.4) is 0 Å². The molecule has 0 heterocycles. The molecule has 0 amide bonds. The molecule has 2 saturated carbocycles. The van der Waals surface area contributed by atoms with Crippen LogP contribution >= 0.6 is 0 Å². The Morgan fingerprint density at radius 3 is 2.47 bits per heavy atom. The van der Waals surface area contributed by atoms with Crippen molar-refractivity contribution in [2.45, 2.75) is 92.6 Å². The maximum atomic E-state index is 10.9. The van der Waals surface area contributed by atoms with Crippen LogP contribution in [0.1, 0.15) is 86.5 Å². The molecule has 4 atom stereocenters. The molecule has 2 bridgehead atoms. The maximum absolute atomic E-state index is 10.9. The second kappa shape index (κ2) is 11.8. The molecular weight excluding hydrogens is 424 g/mol. The van der Waals surface area contributed by atoms with Crippen LogP contribution in [0.5, 0.6) is 5.75 Å². The fourth-order valence-electron chi connectivity index (χ4n) is 6.57. The molecule has 1 aromatic rings. The van der Waals surface area contributed by atoms with Gasteiger partial charge in [-0.25, -0.2) is 0 Å². The average molecular weight is 474 g/mol. The number of ether oxygens (including phenoxy) is 2. The number of benzene rings is 1. The second-order valence-electron chi connectivity index (χ2n) is 11.2. The van der Waals surface area contributed by atoms with Crippen LogP contribution in [0.2, 0.25) is 0 Å². The zero-order valence-corrected chi connectivity index (χ0v) is 22.5. The van der Waals surface area contributed by atoms with Crippen molar-refractivity contribution in [1.29, 1.82) is 0 Å². The van der Waals surface area contributed by atoms with E-state index in [1.165, 1.54) is 32.1 Å². The van der Waals surface area contributed by atoms with Crippen molar-refractivity contribution >= 4 is 11.8 Å². The third-order valence-corrected chi connectivity index (χ3v) is 9.14. The Balaban J connectivity index is 1.72. The average Bonchev–Trinajstić information content (AvgIpc) is 3.13. The largest absolute Gasteiger partial charge is 0.551 e. The Kier molecular flexibility index (Phi) is 9.31. The SMILES string of the molecule is CCCCCCCOc1ccccc1[NH+]=C(O)O[C@@H]1[C@H](CN(CC)CC)[C@@H]2CC[C@@]1(C)C2(C)C. The lowest BCUT2D eigenvalue weighted by Gasteiger charge is -2.39. The summed E-state index contributed by atoms with van der Waals surface area (Å²) in [5.74, 6) is 1.78. The molecule has 5 nitrogen and oxygen atoms in total. The number of fused-ring (bicyclic) bond motifs is 2. The standard InChI is InChI=1S/C29H48N2O3/c1-7-10-11-12-15-20-33-25-17-14-13-16-24(25)30-27(32)34-26-22(21-31(8-2)9-3)23-18-19-29(26,6)28(23,4)5/h13-14,16-17,22-23,26H,7-12,15,18-21H2,1-6H3,(H,30,32)/p+1/t22-,23+,26-,29-/m1/s1. The van der Waals surface area contributed by atoms with E-state index >= 15 is 0 Å². The lowest BCUT2D eigenvalue weighted by atomic mass is 9.70. The molecule has 34 heavy (non-hydrogen) atoms. The summed E-state index contributed by atoms with van der Waals surface area (Å²) in [4.78, 5) is 5.61. The Morgan fingerprint density at radius 2 is 1.76 bits per heavy atom. The van der Waals surface area contributed by atoms with Gasteiger partial charge < -0.3 is 19.5 Å². The van der Waals surface area contributed by atoms with E-state index < -0.39 is 0 Å². The van der Waals surface area contributed by atoms with E-state index in [1.54, 1.807) is 0 Å². The van der Waals surface area contributed by atoms with Crippen molar-refractivity contribution in [3.05, 3.63) is 24.3 Å². The van der Waals surface area contributed by atoms with Gasteiger partial charge in [-0.2, -0.15) is 0 Å². The molecule has 5 heteroatoms. The minimum absolute atomic E-state index is 0.0130. The molecule has 0 aromatic heterocycles. The topological polar surface area (TPSA) is 55.9 Å². The second-order valence-corrected chi connectivity index (χ2v) is 11.2. The number of rotatable bonds is 13. The third-order valence-electron chi connectivity index (χ3n) is 9.14. The van der Waals surface area contributed by atoms with E-state index in [0.29, 0.717) is 18.4 Å². The number of unbranched alkanes of at least 4 members (excludes halogenated alkanes) is 4. The highest BCUT2D eigenvalue weighted by atomic mass is 16.6. The van der Waals surface area contributed by atoms with Crippen LogP contribution in [0, 0.1) is 22.7 Å². The normalized spacial score (nSPS) is 28.0. The minimum atomic E-state index is -0.113. The number of para-hydroxylation sites is 2. The monoisotopic (exact) mass is 473 g/mol. The molecule has 0 aliphatic heterocycles. The summed E-state index contributed by atoms with van der Waals surface area (Å²) >= 11 is 0. The maximum Gasteiger partial charge on any atom is 0.551 e. The predicted molar refractivity (Wildman–Crippen MR) is 140 cm³/mol. The van der Waals surface area contributed by atoms with Gasteiger partial charge in [-0.1, -0.05) is 79.4 Å². The van der Waals surface area contributed by atoms with Crippen LogP contribution in [0.4, 0.5) is 5.69 Å². The lowest BCUT2D eigenvalue weighted by Crippen LogP contribution is -2.68. The predicted octanol–water partition coefficient (Wildman–Crippen LogP) is 5.46. The van der Waals surface area contributed by atoms with E-state index in [2.05, 4.69) is 51.4 Å². The number of nitrogens with one attached hydrogen (secondary N) is 1. The molecule has 2 N–H and O–H groups in total. The van der Waals surface area contributed by atoms with Gasteiger partial charge in [0.15, 0.2) is 5.75 Å². The van der Waals surface area contributed by atoms with Crippen molar-refractivity contribution < 1.29 is 19.6 Å².